The van der Waals surface area contributed by atoms with Crippen LogP contribution in [0.4, 0.5) is 0 Å². The van der Waals surface area contributed by atoms with Gasteiger partial charge in [0.2, 0.25) is 0 Å². The van der Waals surface area contributed by atoms with E-state index in [-0.39, 0.29) is 5.78 Å². The van der Waals surface area contributed by atoms with Crippen molar-refractivity contribution in [3.05, 3.63) is 34.9 Å². The van der Waals surface area contributed by atoms with E-state index in [9.17, 15) is 9.59 Å². The van der Waals surface area contributed by atoms with Gasteiger partial charge in [0, 0.05) is 18.1 Å². The summed E-state index contributed by atoms with van der Waals surface area (Å²) in [6.07, 6.45) is -0.328. The molecule has 1 rings (SSSR count). The van der Waals surface area contributed by atoms with Gasteiger partial charge in [-0.05, 0) is 25.5 Å². The number of hydrogen-bond acceptors (Lipinski definition) is 4. The maximum absolute atomic E-state index is 11.4. The van der Waals surface area contributed by atoms with Crippen LogP contribution in [0.1, 0.15) is 40.1 Å². The van der Waals surface area contributed by atoms with Crippen LogP contribution in [-0.4, -0.2) is 34.4 Å². The van der Waals surface area contributed by atoms with E-state index in [4.69, 9.17) is 15.0 Å². The smallest absolute Gasteiger partial charge is 0.300 e. The van der Waals surface area contributed by atoms with Gasteiger partial charge in [-0.1, -0.05) is 12.1 Å². The van der Waals surface area contributed by atoms with Crippen LogP contribution in [-0.2, 0) is 4.79 Å². The number of carboxylic acid groups (broad SMARTS) is 1. The van der Waals surface area contributed by atoms with Gasteiger partial charge in [0.25, 0.3) is 5.97 Å². The van der Waals surface area contributed by atoms with Crippen molar-refractivity contribution in [3.8, 4) is 0 Å². The van der Waals surface area contributed by atoms with E-state index in [0.717, 1.165) is 12.5 Å². The summed E-state index contributed by atoms with van der Waals surface area (Å²) >= 11 is 0. The minimum Gasteiger partial charge on any atom is -0.481 e. The summed E-state index contributed by atoms with van der Waals surface area (Å²) in [7, 11) is 0. The van der Waals surface area contributed by atoms with Crippen LogP contribution >= 0.6 is 0 Å². The third kappa shape index (κ3) is 5.36. The molecule has 5 heteroatoms. The number of rotatable bonds is 3. The molecule has 5 nitrogen and oxygen atoms in total. The van der Waals surface area contributed by atoms with Crippen LogP contribution < -0.4 is 0 Å². The molecule has 1 aromatic rings. The van der Waals surface area contributed by atoms with Crippen molar-refractivity contribution in [2.75, 3.05) is 0 Å². The predicted molar refractivity (Wildman–Crippen MR) is 65.9 cm³/mol. The van der Waals surface area contributed by atoms with Crippen LogP contribution in [0.25, 0.3) is 0 Å². The molecule has 0 aromatic heterocycles. The lowest BCUT2D eigenvalue weighted by Gasteiger charge is -2.05. The molecule has 0 aliphatic carbocycles. The highest BCUT2D eigenvalue weighted by molar-refractivity contribution is 6.00. The Balaban J connectivity index is 0.000000631. The van der Waals surface area contributed by atoms with E-state index >= 15 is 0 Å². The third-order valence-corrected chi connectivity index (χ3v) is 2.07. The third-order valence-electron chi connectivity index (χ3n) is 2.07. The van der Waals surface area contributed by atoms with Crippen LogP contribution in [0.5, 0.6) is 0 Å². The van der Waals surface area contributed by atoms with Crippen LogP contribution in [0.15, 0.2) is 18.2 Å². The second-order valence-electron chi connectivity index (χ2n) is 3.75. The molecule has 98 valence electrons. The number of aldehydes is 1. The number of aryl methyl sites for hydroxylation is 1. The zero-order valence-corrected chi connectivity index (χ0v) is 10.5. The molecule has 0 aliphatic rings. The van der Waals surface area contributed by atoms with Gasteiger partial charge >= 0.3 is 0 Å². The highest BCUT2D eigenvalue weighted by Gasteiger charge is 2.12. The molecule has 18 heavy (non-hydrogen) atoms. The van der Waals surface area contributed by atoms with E-state index in [1.54, 1.807) is 19.1 Å². The summed E-state index contributed by atoms with van der Waals surface area (Å²) in [5.74, 6) is -1.20. The molecule has 1 aromatic carbocycles. The summed E-state index contributed by atoms with van der Waals surface area (Å²) in [4.78, 5) is 31.0. The van der Waals surface area contributed by atoms with Gasteiger partial charge < -0.3 is 10.2 Å². The lowest BCUT2D eigenvalue weighted by molar-refractivity contribution is -0.134. The maximum Gasteiger partial charge on any atom is 0.300 e. The van der Waals surface area contributed by atoms with Crippen LogP contribution in [0.3, 0.4) is 0 Å². The standard InChI is InChI=1S/C11H12O3.C2H4O2/c1-7-3-4-9(5-10(7)6-12)11(14)8(2)13;1-2(3)4/h3-6,8,13H,1-2H3;1H3,(H,3,4). The molecule has 0 heterocycles. The Labute approximate surface area is 105 Å². The Morgan fingerprint density at radius 3 is 2.22 bits per heavy atom. The minimum atomic E-state index is -1.03. The minimum absolute atomic E-state index is 0.367. The zero-order chi connectivity index (χ0) is 14.3. The lowest BCUT2D eigenvalue weighted by atomic mass is 10.0. The highest BCUT2D eigenvalue weighted by Crippen LogP contribution is 2.11. The SMILES string of the molecule is CC(=O)O.Cc1ccc(C(=O)C(C)O)cc1C=O. The predicted octanol–water partition coefficient (Wildman–Crippen LogP) is 1.46. The van der Waals surface area contributed by atoms with E-state index in [1.807, 2.05) is 0 Å². The molecule has 1 atom stereocenters. The average Bonchev–Trinajstić information content (AvgIpc) is 2.28. The summed E-state index contributed by atoms with van der Waals surface area (Å²) in [5.41, 5.74) is 1.67. The molecule has 0 bridgehead atoms. The molecule has 0 fully saturated rings. The summed E-state index contributed by atoms with van der Waals surface area (Å²) in [5, 5.41) is 16.5. The Hall–Kier alpha value is -2.01. The molecule has 0 saturated carbocycles. The number of aliphatic hydroxyl groups is 1. The number of ketones is 1. The average molecular weight is 252 g/mol. The van der Waals surface area contributed by atoms with E-state index in [0.29, 0.717) is 17.4 Å². The molecular weight excluding hydrogens is 236 g/mol. The fourth-order valence-corrected chi connectivity index (χ4v) is 1.16. The van der Waals surface area contributed by atoms with E-state index in [1.165, 1.54) is 13.0 Å². The fraction of sp³-hybridized carbons (Fsp3) is 0.308. The first-order valence-corrected chi connectivity index (χ1v) is 5.27. The van der Waals surface area contributed by atoms with E-state index < -0.39 is 12.1 Å². The molecular formula is C13H16O5. The Kier molecular flexibility index (Phi) is 6.52. The van der Waals surface area contributed by atoms with Crippen molar-refractivity contribution < 1.29 is 24.6 Å². The number of hydrogen-bond donors (Lipinski definition) is 2. The molecule has 0 saturated heterocycles. The zero-order valence-electron chi connectivity index (χ0n) is 10.5. The second-order valence-corrected chi connectivity index (χ2v) is 3.75. The van der Waals surface area contributed by atoms with Crippen molar-refractivity contribution >= 4 is 18.0 Å². The Morgan fingerprint density at radius 1 is 1.33 bits per heavy atom. The van der Waals surface area contributed by atoms with Crippen molar-refractivity contribution in [2.45, 2.75) is 26.9 Å². The number of Topliss-reactive ketones (excluding diaryl/α,β-unsaturated/α-hetero) is 1. The summed E-state index contributed by atoms with van der Waals surface area (Å²) in [6.45, 7) is 4.28. The first-order valence-electron chi connectivity index (χ1n) is 5.27. The van der Waals surface area contributed by atoms with Crippen molar-refractivity contribution in [1.29, 1.82) is 0 Å². The van der Waals surface area contributed by atoms with Crippen LogP contribution in [0, 0.1) is 6.92 Å². The number of aliphatic carboxylic acids is 1. The monoisotopic (exact) mass is 252 g/mol. The molecule has 2 N–H and O–H groups in total. The molecule has 0 spiro atoms. The summed E-state index contributed by atoms with van der Waals surface area (Å²) < 4.78 is 0. The van der Waals surface area contributed by atoms with Gasteiger partial charge in [0.15, 0.2) is 5.78 Å². The number of carbonyl (C=O) groups is 3. The van der Waals surface area contributed by atoms with Gasteiger partial charge in [-0.3, -0.25) is 14.4 Å². The van der Waals surface area contributed by atoms with Gasteiger partial charge in [0.1, 0.15) is 12.4 Å². The van der Waals surface area contributed by atoms with Crippen molar-refractivity contribution in [2.24, 2.45) is 0 Å². The van der Waals surface area contributed by atoms with Gasteiger partial charge in [-0.2, -0.15) is 0 Å². The lowest BCUT2D eigenvalue weighted by Crippen LogP contribution is -2.16. The molecule has 0 amide bonds. The van der Waals surface area contributed by atoms with Gasteiger partial charge in [-0.25, -0.2) is 0 Å². The topological polar surface area (TPSA) is 91.7 Å². The summed E-state index contributed by atoms with van der Waals surface area (Å²) in [6, 6.07) is 4.80. The number of carboxylic acids is 1. The Morgan fingerprint density at radius 2 is 1.83 bits per heavy atom. The highest BCUT2D eigenvalue weighted by atomic mass is 16.4. The quantitative estimate of drug-likeness (QED) is 0.627. The van der Waals surface area contributed by atoms with Crippen molar-refractivity contribution in [1.82, 2.24) is 0 Å². The van der Waals surface area contributed by atoms with Crippen molar-refractivity contribution in [3.63, 3.8) is 0 Å². The largest absolute Gasteiger partial charge is 0.481 e. The maximum atomic E-state index is 11.4. The number of carbonyl (C=O) groups excluding carboxylic acids is 2. The second kappa shape index (κ2) is 7.34. The van der Waals surface area contributed by atoms with Crippen LogP contribution in [0.2, 0.25) is 0 Å². The molecule has 0 aliphatic heterocycles. The van der Waals surface area contributed by atoms with E-state index in [2.05, 4.69) is 0 Å². The number of aliphatic hydroxyl groups excluding tert-OH is 1. The number of benzene rings is 1. The van der Waals surface area contributed by atoms with Gasteiger partial charge in [-0.15, -0.1) is 0 Å². The normalized spacial score (nSPS) is 10.9. The fourth-order valence-electron chi connectivity index (χ4n) is 1.16. The Bertz CT molecular complexity index is 445. The molecule has 0 radical (unpaired) electrons. The first kappa shape index (κ1) is 16.0. The molecule has 1 unspecified atom stereocenters. The van der Waals surface area contributed by atoms with Gasteiger partial charge in [0.05, 0.1) is 0 Å². The first-order chi connectivity index (χ1) is 8.29.